The molecule has 0 aromatic carbocycles. The molecule has 4 heteroatoms. The SMILES string of the molecule is Cc1cc(NCC(C)N)c(C#N)cn1. The first-order valence-electron chi connectivity index (χ1n) is 4.49. The third-order valence-corrected chi connectivity index (χ3v) is 1.78. The van der Waals surface area contributed by atoms with E-state index in [9.17, 15) is 0 Å². The zero-order chi connectivity index (χ0) is 10.6. The van der Waals surface area contributed by atoms with Crippen LogP contribution in [0.5, 0.6) is 0 Å². The van der Waals surface area contributed by atoms with Gasteiger partial charge in [-0.3, -0.25) is 4.98 Å². The van der Waals surface area contributed by atoms with Crippen molar-refractivity contribution in [2.45, 2.75) is 19.9 Å². The van der Waals surface area contributed by atoms with Crippen molar-refractivity contribution in [1.82, 2.24) is 4.98 Å². The van der Waals surface area contributed by atoms with Gasteiger partial charge in [-0.1, -0.05) is 0 Å². The molecule has 0 radical (unpaired) electrons. The van der Waals surface area contributed by atoms with Gasteiger partial charge < -0.3 is 11.1 Å². The number of aryl methyl sites for hydroxylation is 1. The summed E-state index contributed by atoms with van der Waals surface area (Å²) in [4.78, 5) is 4.04. The van der Waals surface area contributed by atoms with Crippen molar-refractivity contribution >= 4 is 5.69 Å². The van der Waals surface area contributed by atoms with Crippen LogP contribution >= 0.6 is 0 Å². The highest BCUT2D eigenvalue weighted by atomic mass is 14.9. The standard InChI is InChI=1S/C10H14N4/c1-7(12)5-14-10-3-8(2)13-6-9(10)4-11/h3,6-7H,5,12H2,1-2H3,(H,13,14). The number of rotatable bonds is 3. The molecular formula is C10H14N4. The normalized spacial score (nSPS) is 11.9. The summed E-state index contributed by atoms with van der Waals surface area (Å²) in [5, 5.41) is 11.9. The Bertz CT molecular complexity index is 352. The van der Waals surface area contributed by atoms with Crippen molar-refractivity contribution < 1.29 is 0 Å². The van der Waals surface area contributed by atoms with Gasteiger partial charge in [0.2, 0.25) is 0 Å². The van der Waals surface area contributed by atoms with E-state index in [1.807, 2.05) is 19.9 Å². The maximum absolute atomic E-state index is 8.81. The van der Waals surface area contributed by atoms with E-state index in [-0.39, 0.29) is 6.04 Å². The molecule has 0 fully saturated rings. The van der Waals surface area contributed by atoms with Gasteiger partial charge in [0.1, 0.15) is 6.07 Å². The lowest BCUT2D eigenvalue weighted by Crippen LogP contribution is -2.25. The summed E-state index contributed by atoms with van der Waals surface area (Å²) in [6.07, 6.45) is 1.57. The summed E-state index contributed by atoms with van der Waals surface area (Å²) in [6, 6.07) is 3.99. The Kier molecular flexibility index (Phi) is 3.43. The number of anilines is 1. The highest BCUT2D eigenvalue weighted by molar-refractivity contribution is 5.56. The predicted molar refractivity (Wildman–Crippen MR) is 55.8 cm³/mol. The second kappa shape index (κ2) is 4.58. The second-order valence-corrected chi connectivity index (χ2v) is 3.34. The van der Waals surface area contributed by atoms with Gasteiger partial charge in [0.25, 0.3) is 0 Å². The van der Waals surface area contributed by atoms with E-state index in [2.05, 4.69) is 16.4 Å². The van der Waals surface area contributed by atoms with E-state index in [1.165, 1.54) is 0 Å². The van der Waals surface area contributed by atoms with Gasteiger partial charge in [-0.2, -0.15) is 5.26 Å². The number of nitrogens with one attached hydrogen (secondary N) is 1. The fraction of sp³-hybridized carbons (Fsp3) is 0.400. The molecule has 74 valence electrons. The fourth-order valence-electron chi connectivity index (χ4n) is 1.07. The zero-order valence-corrected chi connectivity index (χ0v) is 8.41. The van der Waals surface area contributed by atoms with Gasteiger partial charge in [-0.25, -0.2) is 0 Å². The summed E-state index contributed by atoms with van der Waals surface area (Å²) in [7, 11) is 0. The molecule has 0 aliphatic rings. The molecule has 1 unspecified atom stereocenters. The Morgan fingerprint density at radius 1 is 1.71 bits per heavy atom. The zero-order valence-electron chi connectivity index (χ0n) is 8.41. The lowest BCUT2D eigenvalue weighted by molar-refractivity contribution is 0.779. The van der Waals surface area contributed by atoms with Gasteiger partial charge in [0, 0.05) is 24.5 Å². The van der Waals surface area contributed by atoms with Crippen LogP contribution in [0.3, 0.4) is 0 Å². The van der Waals surface area contributed by atoms with Crippen LogP contribution in [0.1, 0.15) is 18.2 Å². The lowest BCUT2D eigenvalue weighted by Gasteiger charge is -2.10. The van der Waals surface area contributed by atoms with Crippen LogP contribution in [0.4, 0.5) is 5.69 Å². The number of hydrogen-bond donors (Lipinski definition) is 2. The molecule has 0 bridgehead atoms. The number of aromatic nitrogens is 1. The molecule has 0 saturated carbocycles. The molecule has 1 heterocycles. The first-order chi connectivity index (χ1) is 6.63. The smallest absolute Gasteiger partial charge is 0.103 e. The quantitative estimate of drug-likeness (QED) is 0.746. The minimum atomic E-state index is 0.0648. The molecule has 1 atom stereocenters. The van der Waals surface area contributed by atoms with Crippen LogP contribution in [-0.4, -0.2) is 17.6 Å². The Labute approximate surface area is 83.8 Å². The monoisotopic (exact) mass is 190 g/mol. The second-order valence-electron chi connectivity index (χ2n) is 3.34. The molecule has 0 saturated heterocycles. The molecule has 1 aromatic rings. The summed E-state index contributed by atoms with van der Waals surface area (Å²) in [6.45, 7) is 4.45. The molecule has 0 amide bonds. The highest BCUT2D eigenvalue weighted by Gasteiger charge is 2.03. The maximum atomic E-state index is 8.81. The molecule has 1 aromatic heterocycles. The number of nitrogens with two attached hydrogens (primary N) is 1. The van der Waals surface area contributed by atoms with Crippen LogP contribution in [0.15, 0.2) is 12.3 Å². The summed E-state index contributed by atoms with van der Waals surface area (Å²) in [5.74, 6) is 0. The van der Waals surface area contributed by atoms with Gasteiger partial charge in [-0.15, -0.1) is 0 Å². The molecule has 3 N–H and O–H groups in total. The summed E-state index contributed by atoms with van der Waals surface area (Å²) < 4.78 is 0. The first-order valence-corrected chi connectivity index (χ1v) is 4.49. The number of hydrogen-bond acceptors (Lipinski definition) is 4. The topological polar surface area (TPSA) is 74.7 Å². The third kappa shape index (κ3) is 2.71. The Morgan fingerprint density at radius 3 is 3.00 bits per heavy atom. The average Bonchev–Trinajstić information content (AvgIpc) is 2.15. The Morgan fingerprint density at radius 2 is 2.43 bits per heavy atom. The van der Waals surface area contributed by atoms with E-state index in [0.717, 1.165) is 11.4 Å². The number of pyridine rings is 1. The van der Waals surface area contributed by atoms with Crippen molar-refractivity contribution in [3.8, 4) is 6.07 Å². The van der Waals surface area contributed by atoms with Crippen molar-refractivity contribution in [1.29, 1.82) is 5.26 Å². The van der Waals surface area contributed by atoms with E-state index in [0.29, 0.717) is 12.1 Å². The van der Waals surface area contributed by atoms with Gasteiger partial charge in [-0.05, 0) is 19.9 Å². The molecule has 1 rings (SSSR count). The molecular weight excluding hydrogens is 176 g/mol. The highest BCUT2D eigenvalue weighted by Crippen LogP contribution is 2.13. The van der Waals surface area contributed by atoms with E-state index < -0.39 is 0 Å². The van der Waals surface area contributed by atoms with Crippen LogP contribution in [0.2, 0.25) is 0 Å². The van der Waals surface area contributed by atoms with Crippen LogP contribution < -0.4 is 11.1 Å². The third-order valence-electron chi connectivity index (χ3n) is 1.78. The Balaban J connectivity index is 2.84. The largest absolute Gasteiger partial charge is 0.382 e. The number of nitrogens with zero attached hydrogens (tertiary/aromatic N) is 2. The summed E-state index contributed by atoms with van der Waals surface area (Å²) in [5.41, 5.74) is 7.85. The maximum Gasteiger partial charge on any atom is 0.103 e. The molecule has 0 aliphatic carbocycles. The minimum absolute atomic E-state index is 0.0648. The van der Waals surface area contributed by atoms with Crippen molar-refractivity contribution in [3.63, 3.8) is 0 Å². The predicted octanol–water partition coefficient (Wildman–Crippen LogP) is 1.02. The van der Waals surface area contributed by atoms with Crippen LogP contribution in [0, 0.1) is 18.3 Å². The Hall–Kier alpha value is -1.60. The van der Waals surface area contributed by atoms with Crippen molar-refractivity contribution in [2.24, 2.45) is 5.73 Å². The average molecular weight is 190 g/mol. The molecule has 0 aliphatic heterocycles. The minimum Gasteiger partial charge on any atom is -0.382 e. The molecule has 14 heavy (non-hydrogen) atoms. The van der Waals surface area contributed by atoms with E-state index in [4.69, 9.17) is 11.0 Å². The van der Waals surface area contributed by atoms with Crippen molar-refractivity contribution in [3.05, 3.63) is 23.5 Å². The van der Waals surface area contributed by atoms with Gasteiger partial charge in [0.05, 0.1) is 11.3 Å². The summed E-state index contributed by atoms with van der Waals surface area (Å²) >= 11 is 0. The van der Waals surface area contributed by atoms with E-state index >= 15 is 0 Å². The fourth-order valence-corrected chi connectivity index (χ4v) is 1.07. The lowest BCUT2D eigenvalue weighted by atomic mass is 10.2. The van der Waals surface area contributed by atoms with Gasteiger partial charge >= 0.3 is 0 Å². The van der Waals surface area contributed by atoms with Crippen LogP contribution in [0.25, 0.3) is 0 Å². The van der Waals surface area contributed by atoms with E-state index in [1.54, 1.807) is 6.20 Å². The first kappa shape index (κ1) is 10.5. The van der Waals surface area contributed by atoms with Gasteiger partial charge in [0.15, 0.2) is 0 Å². The van der Waals surface area contributed by atoms with Crippen LogP contribution in [-0.2, 0) is 0 Å². The number of nitriles is 1. The molecule has 0 spiro atoms. The van der Waals surface area contributed by atoms with Crippen molar-refractivity contribution in [2.75, 3.05) is 11.9 Å². The molecule has 4 nitrogen and oxygen atoms in total.